The van der Waals surface area contributed by atoms with Crippen LogP contribution in [0.4, 0.5) is 18.9 Å². The lowest BCUT2D eigenvalue weighted by molar-refractivity contribution is -0.388. The van der Waals surface area contributed by atoms with Crippen molar-refractivity contribution in [1.82, 2.24) is 19.5 Å². The molecule has 1 aromatic carbocycles. The van der Waals surface area contributed by atoms with Crippen molar-refractivity contribution < 1.29 is 18.1 Å². The lowest BCUT2D eigenvalue weighted by atomic mass is 10.2. The number of halogens is 3. The summed E-state index contributed by atoms with van der Waals surface area (Å²) in [4.78, 5) is 21.8. The normalized spacial score (nSPS) is 11.4. The highest BCUT2D eigenvalue weighted by Gasteiger charge is 2.31. The number of aromatic nitrogens is 4. The van der Waals surface area contributed by atoms with Gasteiger partial charge in [-0.3, -0.25) is 14.7 Å². The number of nitro groups is 1. The topological polar surface area (TPSA) is 111 Å². The van der Waals surface area contributed by atoms with Crippen molar-refractivity contribution in [2.24, 2.45) is 0 Å². The Morgan fingerprint density at radius 2 is 2.08 bits per heavy atom. The van der Waals surface area contributed by atoms with Crippen LogP contribution in [-0.2, 0) is 6.18 Å². The highest BCUT2D eigenvalue weighted by molar-refractivity contribution is 8.03. The van der Waals surface area contributed by atoms with Crippen LogP contribution in [0.3, 0.4) is 0 Å². The minimum absolute atomic E-state index is 0.0802. The number of nitriles is 1. The fourth-order valence-corrected chi connectivity index (χ4v) is 2.50. The van der Waals surface area contributed by atoms with E-state index in [9.17, 15) is 23.3 Å². The number of imidazole rings is 1. The Bertz CT molecular complexity index is 1030. The van der Waals surface area contributed by atoms with Crippen molar-refractivity contribution in [3.8, 4) is 11.3 Å². The van der Waals surface area contributed by atoms with Crippen molar-refractivity contribution in [2.45, 2.75) is 11.2 Å². The van der Waals surface area contributed by atoms with Gasteiger partial charge in [-0.2, -0.15) is 23.4 Å². The number of benzene rings is 1. The van der Waals surface area contributed by atoms with Crippen LogP contribution in [0, 0.1) is 20.8 Å². The highest BCUT2D eigenvalue weighted by Crippen LogP contribution is 2.32. The van der Waals surface area contributed by atoms with Gasteiger partial charge in [-0.05, 0) is 18.2 Å². The van der Waals surface area contributed by atoms with E-state index >= 15 is 0 Å². The Labute approximate surface area is 141 Å². The standard InChI is InChI=1S/C13H5F3N6O2S/c14-13(15,16)7-1-2-8-9(3-7)21(6-19-8)12-18-4-10(22(23)24)11(20-12)25-5-17/h1-4,6H. The van der Waals surface area contributed by atoms with Crippen LogP contribution in [0.1, 0.15) is 5.56 Å². The van der Waals surface area contributed by atoms with Crippen LogP contribution in [-0.4, -0.2) is 24.4 Å². The van der Waals surface area contributed by atoms with Gasteiger partial charge in [-0.15, -0.1) is 0 Å². The van der Waals surface area contributed by atoms with Crippen LogP contribution >= 0.6 is 11.8 Å². The molecule has 0 fully saturated rings. The predicted octanol–water partition coefficient (Wildman–Crippen LogP) is 3.32. The van der Waals surface area contributed by atoms with Gasteiger partial charge in [0, 0.05) is 11.8 Å². The lowest BCUT2D eigenvalue weighted by Crippen LogP contribution is -2.06. The predicted molar refractivity (Wildman–Crippen MR) is 79.8 cm³/mol. The Kier molecular flexibility index (Phi) is 4.01. The molecule has 0 aliphatic carbocycles. The third-order valence-electron chi connectivity index (χ3n) is 3.15. The van der Waals surface area contributed by atoms with E-state index in [4.69, 9.17) is 5.26 Å². The largest absolute Gasteiger partial charge is 0.416 e. The Morgan fingerprint density at radius 1 is 1.32 bits per heavy atom. The molecule has 8 nitrogen and oxygen atoms in total. The van der Waals surface area contributed by atoms with Crippen LogP contribution in [0.15, 0.2) is 35.7 Å². The molecule has 25 heavy (non-hydrogen) atoms. The zero-order chi connectivity index (χ0) is 18.2. The van der Waals surface area contributed by atoms with Gasteiger partial charge < -0.3 is 0 Å². The molecule has 0 radical (unpaired) electrons. The van der Waals surface area contributed by atoms with Crippen molar-refractivity contribution in [2.75, 3.05) is 0 Å². The second-order valence-electron chi connectivity index (χ2n) is 4.63. The SMILES string of the molecule is N#CSc1nc(-n2cnc3ccc(C(F)(F)F)cc32)ncc1[N+](=O)[O-]. The molecular weight excluding hydrogens is 361 g/mol. The fourth-order valence-electron chi connectivity index (χ4n) is 2.05. The lowest BCUT2D eigenvalue weighted by Gasteiger charge is -2.08. The summed E-state index contributed by atoms with van der Waals surface area (Å²) in [6, 6.07) is 2.97. The minimum Gasteiger partial charge on any atom is -0.267 e. The maximum absolute atomic E-state index is 12.9. The first-order chi connectivity index (χ1) is 11.8. The first-order valence-electron chi connectivity index (χ1n) is 6.43. The molecule has 0 aliphatic heterocycles. The van der Waals surface area contributed by atoms with Gasteiger partial charge in [-0.1, -0.05) is 0 Å². The van der Waals surface area contributed by atoms with Gasteiger partial charge >= 0.3 is 11.9 Å². The second kappa shape index (κ2) is 6.02. The molecule has 126 valence electrons. The molecule has 0 bridgehead atoms. The van der Waals surface area contributed by atoms with Crippen molar-refractivity contribution >= 4 is 28.5 Å². The molecule has 0 atom stereocenters. The molecule has 3 rings (SSSR count). The quantitative estimate of drug-likeness (QED) is 0.230. The van der Waals surface area contributed by atoms with E-state index in [0.717, 1.165) is 22.9 Å². The number of nitrogens with zero attached hydrogens (tertiary/aromatic N) is 6. The summed E-state index contributed by atoms with van der Waals surface area (Å²) in [6.45, 7) is 0. The van der Waals surface area contributed by atoms with Crippen molar-refractivity contribution in [3.63, 3.8) is 0 Å². The monoisotopic (exact) mass is 366 g/mol. The van der Waals surface area contributed by atoms with Gasteiger partial charge in [-0.25, -0.2) is 9.97 Å². The molecule has 0 N–H and O–H groups in total. The summed E-state index contributed by atoms with van der Waals surface area (Å²) in [6.07, 6.45) is -2.45. The molecule has 2 heterocycles. The Morgan fingerprint density at radius 3 is 2.72 bits per heavy atom. The van der Waals surface area contributed by atoms with E-state index in [-0.39, 0.29) is 22.0 Å². The summed E-state index contributed by atoms with van der Waals surface area (Å²) in [5.74, 6) is -0.134. The molecule has 0 saturated carbocycles. The van der Waals surface area contributed by atoms with E-state index in [1.165, 1.54) is 12.4 Å². The molecule has 12 heteroatoms. The van der Waals surface area contributed by atoms with Crippen LogP contribution in [0.25, 0.3) is 17.0 Å². The van der Waals surface area contributed by atoms with Gasteiger partial charge in [0.05, 0.1) is 21.5 Å². The maximum atomic E-state index is 12.9. The first kappa shape index (κ1) is 16.7. The average molecular weight is 366 g/mol. The maximum Gasteiger partial charge on any atom is 0.416 e. The summed E-state index contributed by atoms with van der Waals surface area (Å²) < 4.78 is 39.8. The van der Waals surface area contributed by atoms with Crippen molar-refractivity contribution in [1.29, 1.82) is 5.26 Å². The zero-order valence-corrected chi connectivity index (χ0v) is 12.7. The van der Waals surface area contributed by atoms with Gasteiger partial charge in [0.2, 0.25) is 5.95 Å². The fraction of sp³-hybridized carbons (Fsp3) is 0.0769. The van der Waals surface area contributed by atoms with E-state index in [2.05, 4.69) is 15.0 Å². The van der Waals surface area contributed by atoms with E-state index in [1.807, 2.05) is 0 Å². The van der Waals surface area contributed by atoms with Gasteiger partial charge in [0.25, 0.3) is 0 Å². The van der Waals surface area contributed by atoms with Crippen LogP contribution in [0.5, 0.6) is 0 Å². The summed E-state index contributed by atoms with van der Waals surface area (Å²) in [5, 5.41) is 21.1. The third kappa shape index (κ3) is 3.09. The van der Waals surface area contributed by atoms with E-state index in [0.29, 0.717) is 11.8 Å². The molecule has 0 saturated heterocycles. The number of hydrogen-bond donors (Lipinski definition) is 0. The minimum atomic E-state index is -4.54. The number of thioether (sulfide) groups is 1. The Hall–Kier alpha value is -3.20. The third-order valence-corrected chi connectivity index (χ3v) is 3.74. The molecule has 2 aromatic heterocycles. The molecular formula is C13H5F3N6O2S. The number of alkyl halides is 3. The summed E-state index contributed by atoms with van der Waals surface area (Å²) >= 11 is 0.454. The summed E-state index contributed by atoms with van der Waals surface area (Å²) in [7, 11) is 0. The Balaban J connectivity index is 2.18. The molecule has 0 unspecified atom stereocenters. The molecule has 3 aromatic rings. The molecule has 0 spiro atoms. The molecule has 0 amide bonds. The zero-order valence-electron chi connectivity index (χ0n) is 11.9. The first-order valence-corrected chi connectivity index (χ1v) is 7.25. The van der Waals surface area contributed by atoms with E-state index in [1.54, 1.807) is 5.40 Å². The number of hydrogen-bond acceptors (Lipinski definition) is 7. The molecule has 0 aliphatic rings. The number of fused-ring (bicyclic) bond motifs is 1. The van der Waals surface area contributed by atoms with Gasteiger partial charge in [0.15, 0.2) is 5.03 Å². The van der Waals surface area contributed by atoms with Crippen LogP contribution < -0.4 is 0 Å². The van der Waals surface area contributed by atoms with Gasteiger partial charge in [0.1, 0.15) is 17.9 Å². The number of thiocyanates is 1. The second-order valence-corrected chi connectivity index (χ2v) is 5.40. The summed E-state index contributed by atoms with van der Waals surface area (Å²) in [5.41, 5.74) is -1.01. The average Bonchev–Trinajstić information content (AvgIpc) is 2.97. The van der Waals surface area contributed by atoms with Crippen LogP contribution in [0.2, 0.25) is 0 Å². The highest BCUT2D eigenvalue weighted by atomic mass is 32.2. The number of rotatable bonds is 3. The smallest absolute Gasteiger partial charge is 0.267 e. The van der Waals surface area contributed by atoms with E-state index < -0.39 is 22.4 Å². The van der Waals surface area contributed by atoms with Crippen molar-refractivity contribution in [3.05, 3.63) is 46.4 Å².